The van der Waals surface area contributed by atoms with Crippen molar-refractivity contribution in [3.8, 4) is 11.3 Å². The van der Waals surface area contributed by atoms with Gasteiger partial charge in [0.2, 0.25) is 0 Å². The fourth-order valence-electron chi connectivity index (χ4n) is 1.91. The third-order valence-corrected chi connectivity index (χ3v) is 4.79. The predicted octanol–water partition coefficient (Wildman–Crippen LogP) is 3.33. The van der Waals surface area contributed by atoms with Crippen LogP contribution in [-0.2, 0) is 0 Å². The largest absolute Gasteiger partial charge is 0.347 e. The van der Waals surface area contributed by atoms with E-state index in [1.165, 1.54) is 0 Å². The van der Waals surface area contributed by atoms with Gasteiger partial charge in [-0.3, -0.25) is 0 Å². The van der Waals surface area contributed by atoms with Crippen molar-refractivity contribution in [1.82, 2.24) is 9.97 Å². The Labute approximate surface area is 118 Å². The Hall–Kier alpha value is -0.913. The van der Waals surface area contributed by atoms with Crippen LogP contribution in [0.3, 0.4) is 0 Å². The summed E-state index contributed by atoms with van der Waals surface area (Å²) in [7, 11) is -0.661. The van der Waals surface area contributed by atoms with Gasteiger partial charge in [0, 0.05) is 25.0 Å². The molecular formula is C13H18BrN3Si. The summed E-state index contributed by atoms with van der Waals surface area (Å²) in [6.45, 7) is 4.61. The van der Waals surface area contributed by atoms with Gasteiger partial charge in [0.25, 0.3) is 0 Å². The molecule has 1 aromatic carbocycles. The molecule has 0 bridgehead atoms. The van der Waals surface area contributed by atoms with Gasteiger partial charge in [-0.25, -0.2) is 4.98 Å². The van der Waals surface area contributed by atoms with Gasteiger partial charge in [0.15, 0.2) is 0 Å². The predicted molar refractivity (Wildman–Crippen MR) is 82.3 cm³/mol. The molecule has 0 amide bonds. The van der Waals surface area contributed by atoms with Crippen LogP contribution in [0.4, 0.5) is 0 Å². The Bertz CT molecular complexity index is 507. The van der Waals surface area contributed by atoms with Gasteiger partial charge in [-0.15, -0.1) is 0 Å². The first-order valence-corrected chi connectivity index (χ1v) is 10.0. The van der Waals surface area contributed by atoms with Crippen molar-refractivity contribution in [2.45, 2.75) is 25.2 Å². The lowest BCUT2D eigenvalue weighted by Gasteiger charge is -2.09. The highest BCUT2D eigenvalue weighted by atomic mass is 79.9. The molecule has 0 fully saturated rings. The van der Waals surface area contributed by atoms with E-state index in [1.807, 2.05) is 30.5 Å². The Kier molecular flexibility index (Phi) is 4.37. The van der Waals surface area contributed by atoms with E-state index in [-0.39, 0.29) is 6.04 Å². The van der Waals surface area contributed by atoms with E-state index in [0.29, 0.717) is 0 Å². The summed E-state index contributed by atoms with van der Waals surface area (Å²) < 4.78 is 1.07. The highest BCUT2D eigenvalue weighted by Gasteiger charge is 2.13. The van der Waals surface area contributed by atoms with E-state index in [4.69, 9.17) is 5.73 Å². The van der Waals surface area contributed by atoms with Crippen molar-refractivity contribution in [1.29, 1.82) is 0 Å². The Morgan fingerprint density at radius 2 is 2.00 bits per heavy atom. The van der Waals surface area contributed by atoms with Crippen LogP contribution in [0.5, 0.6) is 0 Å². The number of hydrogen-bond acceptors (Lipinski definition) is 2. The smallest absolute Gasteiger partial charge is 0.123 e. The normalized spacial score (nSPS) is 12.9. The number of nitrogens with zero attached hydrogens (tertiary/aromatic N) is 1. The van der Waals surface area contributed by atoms with Crippen molar-refractivity contribution in [2.24, 2.45) is 5.73 Å². The third kappa shape index (κ3) is 3.31. The average Bonchev–Trinajstić information content (AvgIpc) is 2.78. The Balaban J connectivity index is 2.17. The summed E-state index contributed by atoms with van der Waals surface area (Å²) in [5, 5.41) is 0. The molecule has 0 saturated carbocycles. The van der Waals surface area contributed by atoms with Crippen LogP contribution in [0.1, 0.15) is 11.9 Å². The minimum absolute atomic E-state index is 0.0425. The second-order valence-corrected chi connectivity index (χ2v) is 9.09. The molecule has 0 unspecified atom stereocenters. The maximum atomic E-state index is 6.14. The van der Waals surface area contributed by atoms with Crippen molar-refractivity contribution in [3.63, 3.8) is 0 Å². The van der Waals surface area contributed by atoms with Crippen molar-refractivity contribution < 1.29 is 0 Å². The summed E-state index contributed by atoms with van der Waals surface area (Å²) in [5.74, 6) is 0.897. The summed E-state index contributed by atoms with van der Waals surface area (Å²) in [6, 6.07) is 9.25. The molecule has 3 N–H and O–H groups in total. The van der Waals surface area contributed by atoms with E-state index >= 15 is 0 Å². The summed E-state index contributed by atoms with van der Waals surface area (Å²) in [5.41, 5.74) is 8.21. The molecule has 2 rings (SSSR count). The topological polar surface area (TPSA) is 54.7 Å². The summed E-state index contributed by atoms with van der Waals surface area (Å²) >= 11 is 3.43. The number of aromatic amines is 1. The molecule has 0 radical (unpaired) electrons. The van der Waals surface area contributed by atoms with Gasteiger partial charge in [-0.05, 0) is 18.2 Å². The van der Waals surface area contributed by atoms with Crippen LogP contribution in [0.15, 0.2) is 34.9 Å². The molecular weight excluding hydrogens is 306 g/mol. The van der Waals surface area contributed by atoms with E-state index in [0.717, 1.165) is 27.6 Å². The van der Waals surface area contributed by atoms with E-state index in [2.05, 4.69) is 39.0 Å². The number of nitrogens with two attached hydrogens (primary N) is 1. The van der Waals surface area contributed by atoms with Crippen LogP contribution in [0.2, 0.25) is 19.1 Å². The molecule has 1 heterocycles. The molecule has 0 aliphatic rings. The Morgan fingerprint density at radius 3 is 2.61 bits per heavy atom. The maximum absolute atomic E-state index is 6.14. The molecule has 0 spiro atoms. The molecule has 2 aromatic rings. The van der Waals surface area contributed by atoms with Crippen LogP contribution >= 0.6 is 15.9 Å². The quantitative estimate of drug-likeness (QED) is 0.848. The van der Waals surface area contributed by atoms with E-state index < -0.39 is 8.80 Å². The maximum Gasteiger partial charge on any atom is 0.123 e. The second kappa shape index (κ2) is 5.82. The lowest BCUT2D eigenvalue weighted by atomic mass is 10.2. The molecule has 1 atom stereocenters. The third-order valence-electron chi connectivity index (χ3n) is 2.81. The van der Waals surface area contributed by atoms with E-state index in [1.54, 1.807) is 0 Å². The van der Waals surface area contributed by atoms with Crippen molar-refractivity contribution in [3.05, 3.63) is 40.8 Å². The first-order chi connectivity index (χ1) is 8.56. The number of aromatic nitrogens is 2. The van der Waals surface area contributed by atoms with Crippen LogP contribution in [0.25, 0.3) is 11.3 Å². The minimum Gasteiger partial charge on any atom is -0.347 e. The molecule has 0 saturated heterocycles. The monoisotopic (exact) mass is 323 g/mol. The molecule has 5 heteroatoms. The SMILES string of the molecule is C[SiH](C)C[C@H](N)c1nc(-c2ccc(Br)cc2)c[nH]1. The fraction of sp³-hybridized carbons (Fsp3) is 0.308. The molecule has 3 nitrogen and oxygen atoms in total. The van der Waals surface area contributed by atoms with Crippen LogP contribution in [-0.4, -0.2) is 18.8 Å². The molecule has 0 aliphatic carbocycles. The van der Waals surface area contributed by atoms with Gasteiger partial charge in [0.05, 0.1) is 11.7 Å². The first kappa shape index (κ1) is 13.5. The number of benzene rings is 1. The number of imidazole rings is 1. The molecule has 1 aromatic heterocycles. The molecule has 18 heavy (non-hydrogen) atoms. The molecule has 96 valence electrons. The lowest BCUT2D eigenvalue weighted by Crippen LogP contribution is -2.17. The number of halogens is 1. The standard InChI is InChI=1S/C13H18BrN3Si/c1-18(2)8-11(15)13-16-7-12(17-13)9-3-5-10(14)6-4-9/h3-7,11,18H,8,15H2,1-2H3,(H,16,17)/t11-/m0/s1. The minimum atomic E-state index is -0.661. The zero-order valence-electron chi connectivity index (χ0n) is 10.7. The molecule has 0 aliphatic heterocycles. The van der Waals surface area contributed by atoms with E-state index in [9.17, 15) is 0 Å². The van der Waals surface area contributed by atoms with Crippen molar-refractivity contribution >= 4 is 24.7 Å². The average molecular weight is 324 g/mol. The highest BCUT2D eigenvalue weighted by Crippen LogP contribution is 2.22. The van der Waals surface area contributed by atoms with Crippen molar-refractivity contribution in [2.75, 3.05) is 0 Å². The Morgan fingerprint density at radius 1 is 1.33 bits per heavy atom. The second-order valence-electron chi connectivity index (χ2n) is 4.91. The zero-order chi connectivity index (χ0) is 13.1. The number of hydrogen-bond donors (Lipinski definition) is 2. The zero-order valence-corrected chi connectivity index (χ0v) is 13.4. The van der Waals surface area contributed by atoms with Gasteiger partial charge in [0.1, 0.15) is 5.82 Å². The first-order valence-electron chi connectivity index (χ1n) is 6.13. The summed E-state index contributed by atoms with van der Waals surface area (Å²) in [4.78, 5) is 7.79. The van der Waals surface area contributed by atoms with Gasteiger partial charge in [-0.1, -0.05) is 41.2 Å². The number of rotatable bonds is 4. The number of nitrogens with one attached hydrogen (secondary N) is 1. The van der Waals surface area contributed by atoms with Gasteiger partial charge >= 0.3 is 0 Å². The van der Waals surface area contributed by atoms with Crippen LogP contribution < -0.4 is 5.73 Å². The van der Waals surface area contributed by atoms with Crippen LogP contribution in [0, 0.1) is 0 Å². The van der Waals surface area contributed by atoms with Gasteiger partial charge in [-0.2, -0.15) is 0 Å². The fourth-order valence-corrected chi connectivity index (χ4v) is 3.42. The van der Waals surface area contributed by atoms with Gasteiger partial charge < -0.3 is 10.7 Å². The highest BCUT2D eigenvalue weighted by molar-refractivity contribution is 9.10. The lowest BCUT2D eigenvalue weighted by molar-refractivity contribution is 0.748. The number of H-pyrrole nitrogens is 1. The summed E-state index contributed by atoms with van der Waals surface area (Å²) in [6.07, 6.45) is 1.93.